The van der Waals surface area contributed by atoms with Crippen molar-refractivity contribution in [2.75, 3.05) is 26.4 Å². The fraction of sp³-hybridized carbons (Fsp3) is 1.00. The van der Waals surface area contributed by atoms with Crippen LogP contribution in [0.25, 0.3) is 0 Å². The van der Waals surface area contributed by atoms with Gasteiger partial charge in [0.2, 0.25) is 0 Å². The van der Waals surface area contributed by atoms with Crippen molar-refractivity contribution in [1.29, 1.82) is 0 Å². The van der Waals surface area contributed by atoms with Gasteiger partial charge in [0.15, 0.2) is 0 Å². The molecular weight excluding hydrogens is 338 g/mol. The predicted molar refractivity (Wildman–Crippen MR) is 121 cm³/mol. The Morgan fingerprint density at radius 2 is 1.19 bits per heavy atom. The molecule has 2 atom stereocenters. The van der Waals surface area contributed by atoms with E-state index in [1.165, 1.54) is 102 Å². The van der Waals surface area contributed by atoms with Crippen LogP contribution in [0.4, 0.5) is 0 Å². The molecule has 0 rings (SSSR count). The standard InChI is InChI=1S/C23H49NOS/c1-5-6-7-8-9-10-11-12-13-14-15-16-17-19-23(22(2)25)26-21-18-20-24(3)4/h22-23,25H,5-21H2,1-4H3. The van der Waals surface area contributed by atoms with Crippen LogP contribution >= 0.6 is 11.8 Å². The normalized spacial score (nSPS) is 14.1. The third-order valence-electron chi connectivity index (χ3n) is 5.21. The number of hydrogen-bond donors (Lipinski definition) is 1. The van der Waals surface area contributed by atoms with Gasteiger partial charge in [-0.2, -0.15) is 11.8 Å². The fourth-order valence-corrected chi connectivity index (χ4v) is 4.65. The van der Waals surface area contributed by atoms with Crippen LogP contribution in [0.2, 0.25) is 0 Å². The Bertz CT molecular complexity index is 271. The summed E-state index contributed by atoms with van der Waals surface area (Å²) in [6.07, 6.45) is 20.5. The predicted octanol–water partition coefficient (Wildman–Crippen LogP) is 6.90. The van der Waals surface area contributed by atoms with E-state index < -0.39 is 0 Å². The third kappa shape index (κ3) is 19.0. The minimum absolute atomic E-state index is 0.170. The van der Waals surface area contributed by atoms with Gasteiger partial charge in [-0.25, -0.2) is 0 Å². The lowest BCUT2D eigenvalue weighted by Crippen LogP contribution is -2.21. The zero-order valence-corrected chi connectivity index (χ0v) is 19.3. The first kappa shape index (κ1) is 26.3. The van der Waals surface area contributed by atoms with Crippen LogP contribution in [0.15, 0.2) is 0 Å². The minimum Gasteiger partial charge on any atom is -0.392 e. The maximum absolute atomic E-state index is 9.98. The first-order valence-electron chi connectivity index (χ1n) is 11.5. The summed E-state index contributed by atoms with van der Waals surface area (Å²) in [5.41, 5.74) is 0. The Hall–Kier alpha value is 0.270. The molecule has 0 bridgehead atoms. The number of rotatable bonds is 20. The number of aliphatic hydroxyl groups is 1. The number of hydrogen-bond acceptors (Lipinski definition) is 3. The minimum atomic E-state index is -0.170. The molecule has 26 heavy (non-hydrogen) atoms. The maximum Gasteiger partial charge on any atom is 0.0630 e. The van der Waals surface area contributed by atoms with E-state index in [4.69, 9.17) is 0 Å². The number of unbranched alkanes of at least 4 members (excludes halogenated alkanes) is 12. The first-order chi connectivity index (χ1) is 12.6. The van der Waals surface area contributed by atoms with E-state index in [1.54, 1.807) is 0 Å². The van der Waals surface area contributed by atoms with Gasteiger partial charge in [-0.1, -0.05) is 90.4 Å². The van der Waals surface area contributed by atoms with E-state index in [0.29, 0.717) is 5.25 Å². The molecule has 0 amide bonds. The average molecular weight is 388 g/mol. The Morgan fingerprint density at radius 1 is 0.731 bits per heavy atom. The highest BCUT2D eigenvalue weighted by molar-refractivity contribution is 7.99. The smallest absolute Gasteiger partial charge is 0.0630 e. The van der Waals surface area contributed by atoms with E-state index in [9.17, 15) is 5.11 Å². The molecule has 0 spiro atoms. The van der Waals surface area contributed by atoms with Gasteiger partial charge in [0, 0.05) is 5.25 Å². The number of aliphatic hydroxyl groups excluding tert-OH is 1. The van der Waals surface area contributed by atoms with E-state index in [-0.39, 0.29) is 6.10 Å². The highest BCUT2D eigenvalue weighted by Crippen LogP contribution is 2.23. The van der Waals surface area contributed by atoms with Crippen LogP contribution in [0.3, 0.4) is 0 Å². The van der Waals surface area contributed by atoms with Crippen molar-refractivity contribution in [1.82, 2.24) is 4.90 Å². The van der Waals surface area contributed by atoms with Crippen LogP contribution in [0, 0.1) is 0 Å². The van der Waals surface area contributed by atoms with Crippen LogP contribution in [-0.2, 0) is 0 Å². The lowest BCUT2D eigenvalue weighted by molar-refractivity contribution is 0.186. The summed E-state index contributed by atoms with van der Waals surface area (Å²) < 4.78 is 0. The summed E-state index contributed by atoms with van der Waals surface area (Å²) in [5.74, 6) is 1.17. The van der Waals surface area contributed by atoms with Crippen molar-refractivity contribution < 1.29 is 5.11 Å². The lowest BCUT2D eigenvalue weighted by atomic mass is 10.0. The third-order valence-corrected chi connectivity index (χ3v) is 6.79. The van der Waals surface area contributed by atoms with Crippen molar-refractivity contribution >= 4 is 11.8 Å². The topological polar surface area (TPSA) is 23.5 Å². The second-order valence-electron chi connectivity index (χ2n) is 8.34. The first-order valence-corrected chi connectivity index (χ1v) is 12.6. The molecule has 0 fully saturated rings. The largest absolute Gasteiger partial charge is 0.392 e. The number of thioether (sulfide) groups is 1. The Labute approximate surface area is 169 Å². The van der Waals surface area contributed by atoms with Crippen LogP contribution in [0.5, 0.6) is 0 Å². The Morgan fingerprint density at radius 3 is 1.62 bits per heavy atom. The van der Waals surface area contributed by atoms with Crippen molar-refractivity contribution in [2.24, 2.45) is 0 Å². The lowest BCUT2D eigenvalue weighted by Gasteiger charge is -2.20. The Kier molecular flexibility index (Phi) is 20.2. The zero-order valence-electron chi connectivity index (χ0n) is 18.5. The van der Waals surface area contributed by atoms with E-state index >= 15 is 0 Å². The van der Waals surface area contributed by atoms with E-state index in [2.05, 4.69) is 25.9 Å². The molecule has 0 aromatic rings. The molecule has 158 valence electrons. The van der Waals surface area contributed by atoms with Crippen molar-refractivity contribution in [2.45, 2.75) is 122 Å². The van der Waals surface area contributed by atoms with Crippen LogP contribution in [0.1, 0.15) is 110 Å². The van der Waals surface area contributed by atoms with Gasteiger partial charge in [-0.15, -0.1) is 0 Å². The summed E-state index contributed by atoms with van der Waals surface area (Å²) in [5, 5.41) is 10.4. The highest BCUT2D eigenvalue weighted by Gasteiger charge is 2.14. The van der Waals surface area contributed by atoms with Gasteiger partial charge in [-0.3, -0.25) is 0 Å². The second kappa shape index (κ2) is 20.0. The molecule has 0 aromatic heterocycles. The molecule has 0 saturated heterocycles. The molecule has 2 nitrogen and oxygen atoms in total. The molecule has 0 aromatic carbocycles. The van der Waals surface area contributed by atoms with Gasteiger partial charge in [-0.05, 0) is 46.2 Å². The summed E-state index contributed by atoms with van der Waals surface area (Å²) in [4.78, 5) is 2.24. The monoisotopic (exact) mass is 387 g/mol. The highest BCUT2D eigenvalue weighted by atomic mass is 32.2. The summed E-state index contributed by atoms with van der Waals surface area (Å²) >= 11 is 1.98. The van der Waals surface area contributed by atoms with Gasteiger partial charge < -0.3 is 10.0 Å². The number of nitrogens with zero attached hydrogens (tertiary/aromatic N) is 1. The molecular formula is C23H49NOS. The van der Waals surface area contributed by atoms with Crippen molar-refractivity contribution in [3.05, 3.63) is 0 Å². The quantitative estimate of drug-likeness (QED) is 0.230. The Balaban J connectivity index is 3.39. The van der Waals surface area contributed by atoms with Gasteiger partial charge >= 0.3 is 0 Å². The molecule has 0 aliphatic carbocycles. The molecule has 3 heteroatoms. The summed E-state index contributed by atoms with van der Waals surface area (Å²) in [7, 11) is 4.26. The van der Waals surface area contributed by atoms with Gasteiger partial charge in [0.25, 0.3) is 0 Å². The SMILES string of the molecule is CCCCCCCCCCCCCCCC(SCCCN(C)C)C(C)O. The molecule has 0 saturated carbocycles. The van der Waals surface area contributed by atoms with Gasteiger partial charge in [0.1, 0.15) is 0 Å². The second-order valence-corrected chi connectivity index (χ2v) is 9.69. The van der Waals surface area contributed by atoms with Crippen LogP contribution in [-0.4, -0.2) is 47.8 Å². The molecule has 0 radical (unpaired) electrons. The van der Waals surface area contributed by atoms with Crippen molar-refractivity contribution in [3.8, 4) is 0 Å². The average Bonchev–Trinajstić information content (AvgIpc) is 2.60. The van der Waals surface area contributed by atoms with E-state index in [0.717, 1.165) is 6.54 Å². The zero-order chi connectivity index (χ0) is 19.5. The molecule has 2 unspecified atom stereocenters. The molecule has 1 N–H and O–H groups in total. The van der Waals surface area contributed by atoms with Gasteiger partial charge in [0.05, 0.1) is 6.10 Å². The summed E-state index contributed by atoms with van der Waals surface area (Å²) in [6.45, 7) is 5.40. The van der Waals surface area contributed by atoms with E-state index in [1.807, 2.05) is 18.7 Å². The summed E-state index contributed by atoms with van der Waals surface area (Å²) in [6, 6.07) is 0. The molecule has 0 heterocycles. The van der Waals surface area contributed by atoms with Crippen LogP contribution < -0.4 is 0 Å². The molecule has 0 aliphatic heterocycles. The maximum atomic E-state index is 9.98. The van der Waals surface area contributed by atoms with Crippen molar-refractivity contribution in [3.63, 3.8) is 0 Å². The molecule has 0 aliphatic rings. The fourth-order valence-electron chi connectivity index (χ4n) is 3.44.